The highest BCUT2D eigenvalue weighted by atomic mass is 32.2. The van der Waals surface area contributed by atoms with Gasteiger partial charge >= 0.3 is 0 Å². The second kappa shape index (κ2) is 6.10. The second-order valence-electron chi connectivity index (χ2n) is 6.40. The van der Waals surface area contributed by atoms with Gasteiger partial charge in [-0.15, -0.1) is 0 Å². The number of nitrogens with one attached hydrogen (secondary N) is 1. The second-order valence-corrected chi connectivity index (χ2v) is 8.79. The lowest BCUT2D eigenvalue weighted by atomic mass is 9.91. The molecule has 2 fully saturated rings. The van der Waals surface area contributed by atoms with Crippen LogP contribution >= 0.6 is 0 Å². The van der Waals surface area contributed by atoms with E-state index >= 15 is 0 Å². The van der Waals surface area contributed by atoms with Crippen molar-refractivity contribution in [2.24, 2.45) is 5.92 Å². The van der Waals surface area contributed by atoms with Crippen LogP contribution in [0.2, 0.25) is 0 Å². The van der Waals surface area contributed by atoms with Gasteiger partial charge in [0.25, 0.3) is 0 Å². The molecule has 112 valence electrons. The Balaban J connectivity index is 1.75. The van der Waals surface area contributed by atoms with E-state index in [9.17, 15) is 8.42 Å². The van der Waals surface area contributed by atoms with Gasteiger partial charge in [-0.05, 0) is 52.1 Å². The van der Waals surface area contributed by atoms with Crippen molar-refractivity contribution >= 4 is 9.84 Å². The monoisotopic (exact) mass is 288 g/mol. The maximum absolute atomic E-state index is 11.6. The molecule has 0 saturated carbocycles. The van der Waals surface area contributed by atoms with Crippen LogP contribution in [0.3, 0.4) is 0 Å². The number of sulfone groups is 1. The van der Waals surface area contributed by atoms with Gasteiger partial charge in [0.1, 0.15) is 0 Å². The zero-order valence-corrected chi connectivity index (χ0v) is 13.2. The Hall–Kier alpha value is -0.130. The minimum absolute atomic E-state index is 0.0715. The quantitative estimate of drug-likeness (QED) is 0.800. The summed E-state index contributed by atoms with van der Waals surface area (Å²) in [7, 11) is -0.608. The Labute approximate surface area is 117 Å². The molecule has 2 aliphatic heterocycles. The first-order valence-electron chi connectivity index (χ1n) is 7.57. The number of rotatable bonds is 6. The molecule has 3 atom stereocenters. The van der Waals surface area contributed by atoms with Gasteiger partial charge < -0.3 is 10.2 Å². The lowest BCUT2D eigenvalue weighted by Crippen LogP contribution is -2.44. The summed E-state index contributed by atoms with van der Waals surface area (Å²) in [5.41, 5.74) is 0. The lowest BCUT2D eigenvalue weighted by Gasteiger charge is -2.36. The van der Waals surface area contributed by atoms with Crippen LogP contribution in [-0.4, -0.2) is 56.5 Å². The summed E-state index contributed by atoms with van der Waals surface area (Å²) in [6.07, 6.45) is 5.23. The Kier molecular flexibility index (Phi) is 4.90. The van der Waals surface area contributed by atoms with Gasteiger partial charge in [0, 0.05) is 23.9 Å². The summed E-state index contributed by atoms with van der Waals surface area (Å²) < 4.78 is 23.1. The lowest BCUT2D eigenvalue weighted by molar-refractivity contribution is 0.132. The molecule has 1 N–H and O–H groups in total. The van der Waals surface area contributed by atoms with E-state index in [-0.39, 0.29) is 17.5 Å². The van der Waals surface area contributed by atoms with Crippen LogP contribution < -0.4 is 5.32 Å². The van der Waals surface area contributed by atoms with Crippen molar-refractivity contribution in [3.8, 4) is 0 Å². The van der Waals surface area contributed by atoms with E-state index in [1.54, 1.807) is 6.92 Å². The smallest absolute Gasteiger partial charge is 0.151 e. The highest BCUT2D eigenvalue weighted by Gasteiger charge is 2.38. The van der Waals surface area contributed by atoms with E-state index < -0.39 is 9.84 Å². The molecule has 2 bridgehead atoms. The molecule has 2 saturated heterocycles. The molecule has 0 aliphatic carbocycles. The van der Waals surface area contributed by atoms with Gasteiger partial charge in [-0.2, -0.15) is 0 Å². The van der Waals surface area contributed by atoms with Crippen LogP contribution in [0.1, 0.15) is 39.5 Å². The molecule has 2 rings (SSSR count). The molecule has 0 aromatic heterocycles. The maximum Gasteiger partial charge on any atom is 0.151 e. The van der Waals surface area contributed by atoms with Crippen molar-refractivity contribution in [3.05, 3.63) is 0 Å². The zero-order chi connectivity index (χ0) is 14.0. The summed E-state index contributed by atoms with van der Waals surface area (Å²) in [6.45, 7) is 4.68. The number of hydrogen-bond donors (Lipinski definition) is 1. The third-order valence-electron chi connectivity index (χ3n) is 4.89. The van der Waals surface area contributed by atoms with Crippen molar-refractivity contribution in [2.75, 3.05) is 25.1 Å². The van der Waals surface area contributed by atoms with Crippen molar-refractivity contribution in [1.29, 1.82) is 0 Å². The zero-order valence-electron chi connectivity index (χ0n) is 12.4. The van der Waals surface area contributed by atoms with Gasteiger partial charge in [0.15, 0.2) is 9.84 Å². The Morgan fingerprint density at radius 1 is 1.26 bits per heavy atom. The van der Waals surface area contributed by atoms with Crippen LogP contribution in [0, 0.1) is 5.92 Å². The number of fused-ring (bicyclic) bond motifs is 2. The average Bonchev–Trinajstić information content (AvgIpc) is 2.59. The molecular weight excluding hydrogens is 260 g/mol. The SMILES string of the molecule is CCS(=O)(=O)CC(C)NCC1CC2CCC(C1)N2C. The summed E-state index contributed by atoms with van der Waals surface area (Å²) in [4.78, 5) is 2.54. The van der Waals surface area contributed by atoms with Crippen molar-refractivity contribution in [3.63, 3.8) is 0 Å². The van der Waals surface area contributed by atoms with Crippen molar-refractivity contribution in [1.82, 2.24) is 10.2 Å². The molecule has 0 amide bonds. The van der Waals surface area contributed by atoms with E-state index in [4.69, 9.17) is 0 Å². The molecular formula is C14H28N2O2S. The van der Waals surface area contributed by atoms with Gasteiger partial charge in [-0.25, -0.2) is 8.42 Å². The van der Waals surface area contributed by atoms with Crippen LogP contribution in [-0.2, 0) is 9.84 Å². The number of hydrogen-bond acceptors (Lipinski definition) is 4. The standard InChI is InChI=1S/C14H28N2O2S/c1-4-19(17,18)10-11(2)15-9-12-7-13-5-6-14(8-12)16(13)3/h11-15H,4-10H2,1-3H3. The van der Waals surface area contributed by atoms with E-state index in [0.717, 1.165) is 24.5 Å². The first-order chi connectivity index (χ1) is 8.91. The summed E-state index contributed by atoms with van der Waals surface area (Å²) in [5, 5.41) is 3.43. The minimum Gasteiger partial charge on any atom is -0.313 e. The Bertz CT molecular complexity index is 382. The van der Waals surface area contributed by atoms with E-state index in [0.29, 0.717) is 0 Å². The molecule has 0 aromatic carbocycles. The highest BCUT2D eigenvalue weighted by molar-refractivity contribution is 7.91. The van der Waals surface area contributed by atoms with Gasteiger partial charge in [-0.1, -0.05) is 6.92 Å². The average molecular weight is 288 g/mol. The summed E-state index contributed by atoms with van der Waals surface area (Å²) in [5.74, 6) is 1.24. The fourth-order valence-electron chi connectivity index (χ4n) is 3.62. The highest BCUT2D eigenvalue weighted by Crippen LogP contribution is 2.36. The van der Waals surface area contributed by atoms with Crippen molar-refractivity contribution in [2.45, 2.75) is 57.7 Å². The molecule has 3 unspecified atom stereocenters. The molecule has 2 heterocycles. The third-order valence-corrected chi connectivity index (χ3v) is 6.78. The predicted molar refractivity (Wildman–Crippen MR) is 79.1 cm³/mol. The van der Waals surface area contributed by atoms with Crippen LogP contribution in [0.25, 0.3) is 0 Å². The number of nitrogens with zero attached hydrogens (tertiary/aromatic N) is 1. The van der Waals surface area contributed by atoms with Crippen LogP contribution in [0.4, 0.5) is 0 Å². The fraction of sp³-hybridized carbons (Fsp3) is 1.00. The molecule has 19 heavy (non-hydrogen) atoms. The topological polar surface area (TPSA) is 49.4 Å². The number of piperidine rings is 1. The Morgan fingerprint density at radius 3 is 2.37 bits per heavy atom. The molecule has 4 nitrogen and oxygen atoms in total. The molecule has 2 aliphatic rings. The normalized spacial score (nSPS) is 33.5. The fourth-order valence-corrected chi connectivity index (χ4v) is 4.73. The first-order valence-corrected chi connectivity index (χ1v) is 9.39. The summed E-state index contributed by atoms with van der Waals surface area (Å²) >= 11 is 0. The molecule has 0 spiro atoms. The van der Waals surface area contributed by atoms with Crippen LogP contribution in [0.5, 0.6) is 0 Å². The predicted octanol–water partition coefficient (Wildman–Crippen LogP) is 1.27. The molecule has 0 radical (unpaired) electrons. The third kappa shape index (κ3) is 3.92. The van der Waals surface area contributed by atoms with Crippen molar-refractivity contribution < 1.29 is 8.42 Å². The van der Waals surface area contributed by atoms with E-state index in [2.05, 4.69) is 17.3 Å². The molecule has 5 heteroatoms. The largest absolute Gasteiger partial charge is 0.313 e. The first kappa shape index (κ1) is 15.3. The van der Waals surface area contributed by atoms with E-state index in [1.807, 2.05) is 6.92 Å². The maximum atomic E-state index is 11.6. The van der Waals surface area contributed by atoms with Gasteiger partial charge in [0.05, 0.1) is 5.75 Å². The van der Waals surface area contributed by atoms with Gasteiger partial charge in [-0.3, -0.25) is 0 Å². The Morgan fingerprint density at radius 2 is 1.84 bits per heavy atom. The van der Waals surface area contributed by atoms with Gasteiger partial charge in [0.2, 0.25) is 0 Å². The minimum atomic E-state index is -2.86. The van der Waals surface area contributed by atoms with Crippen LogP contribution in [0.15, 0.2) is 0 Å². The molecule has 0 aromatic rings. The summed E-state index contributed by atoms with van der Waals surface area (Å²) in [6, 6.07) is 1.60. The van der Waals surface area contributed by atoms with E-state index in [1.165, 1.54) is 25.7 Å².